The molecule has 1 aliphatic rings. The summed E-state index contributed by atoms with van der Waals surface area (Å²) in [6, 6.07) is 1.45. The van der Waals surface area contributed by atoms with Crippen LogP contribution in [0.3, 0.4) is 0 Å². The number of anilines is 1. The van der Waals surface area contributed by atoms with Crippen LogP contribution in [0.1, 0.15) is 0 Å². The lowest BCUT2D eigenvalue weighted by Gasteiger charge is -2.09. The molecule has 2 rings (SSSR count). The Bertz CT molecular complexity index is 501. The topological polar surface area (TPSA) is 117 Å². The largest absolute Gasteiger partial charge is 0.472 e. The molecule has 1 aromatic rings. The Morgan fingerprint density at radius 1 is 1.75 bits per heavy atom. The summed E-state index contributed by atoms with van der Waals surface area (Å²) in [5.74, 6) is 0.123. The molecular weight excluding hydrogens is 237 g/mol. The highest BCUT2D eigenvalue weighted by atomic mass is 31.2. The van der Waals surface area contributed by atoms with Gasteiger partial charge >= 0.3 is 13.5 Å². The van der Waals surface area contributed by atoms with E-state index in [0.29, 0.717) is 0 Å². The SMILES string of the molecule is Nc1ccn(C[C@@H]2COP(=O)(O)O2)c(=O)n1. The van der Waals surface area contributed by atoms with Crippen molar-refractivity contribution in [3.8, 4) is 0 Å². The van der Waals surface area contributed by atoms with Crippen molar-refractivity contribution in [1.29, 1.82) is 0 Å². The quantitative estimate of drug-likeness (QED) is 0.666. The number of aromatic nitrogens is 2. The molecule has 1 unspecified atom stereocenters. The lowest BCUT2D eigenvalue weighted by atomic mass is 10.4. The predicted molar refractivity (Wildman–Crippen MR) is 53.6 cm³/mol. The monoisotopic (exact) mass is 247 g/mol. The van der Waals surface area contributed by atoms with Crippen molar-refractivity contribution in [3.63, 3.8) is 0 Å². The molecule has 16 heavy (non-hydrogen) atoms. The summed E-state index contributed by atoms with van der Waals surface area (Å²) in [6.07, 6.45) is 0.799. The fourth-order valence-electron chi connectivity index (χ4n) is 1.31. The van der Waals surface area contributed by atoms with E-state index in [2.05, 4.69) is 9.51 Å². The van der Waals surface area contributed by atoms with Gasteiger partial charge in [-0.1, -0.05) is 0 Å². The summed E-state index contributed by atoms with van der Waals surface area (Å²) in [7, 11) is -3.92. The number of hydrogen-bond donors (Lipinski definition) is 2. The first-order valence-electron chi connectivity index (χ1n) is 4.45. The normalized spacial score (nSPS) is 29.4. The van der Waals surface area contributed by atoms with E-state index in [4.69, 9.17) is 15.2 Å². The van der Waals surface area contributed by atoms with Crippen molar-refractivity contribution < 1.29 is 18.5 Å². The van der Waals surface area contributed by atoms with Gasteiger partial charge in [-0.3, -0.25) is 13.6 Å². The number of rotatable bonds is 2. The van der Waals surface area contributed by atoms with E-state index >= 15 is 0 Å². The third-order valence-corrected chi connectivity index (χ3v) is 3.04. The second-order valence-electron chi connectivity index (χ2n) is 3.28. The maximum Gasteiger partial charge on any atom is 0.472 e. The molecule has 0 radical (unpaired) electrons. The van der Waals surface area contributed by atoms with Gasteiger partial charge in [0, 0.05) is 6.20 Å². The molecule has 88 valence electrons. The second-order valence-corrected chi connectivity index (χ2v) is 4.69. The zero-order valence-corrected chi connectivity index (χ0v) is 9.04. The molecule has 9 heteroatoms. The van der Waals surface area contributed by atoms with Crippen LogP contribution in [0.5, 0.6) is 0 Å². The van der Waals surface area contributed by atoms with Crippen LogP contribution in [-0.2, 0) is 20.2 Å². The number of phosphoric ester groups is 1. The minimum Gasteiger partial charge on any atom is -0.383 e. The molecule has 3 N–H and O–H groups in total. The number of nitrogens with zero attached hydrogens (tertiary/aromatic N) is 2. The van der Waals surface area contributed by atoms with Gasteiger partial charge < -0.3 is 10.6 Å². The van der Waals surface area contributed by atoms with Gasteiger partial charge in [0.15, 0.2) is 0 Å². The van der Waals surface area contributed by atoms with Crippen molar-refractivity contribution in [3.05, 3.63) is 22.7 Å². The van der Waals surface area contributed by atoms with E-state index in [-0.39, 0.29) is 19.0 Å². The molecule has 0 saturated carbocycles. The third-order valence-electron chi connectivity index (χ3n) is 2.00. The molecule has 0 spiro atoms. The lowest BCUT2D eigenvalue weighted by molar-refractivity contribution is 0.193. The Balaban J connectivity index is 2.11. The molecule has 1 aliphatic heterocycles. The van der Waals surface area contributed by atoms with Crippen LogP contribution >= 0.6 is 7.82 Å². The van der Waals surface area contributed by atoms with Crippen molar-refractivity contribution in [2.24, 2.45) is 0 Å². The van der Waals surface area contributed by atoms with E-state index in [0.717, 1.165) is 0 Å². The number of nitrogen functional groups attached to an aromatic ring is 1. The molecular formula is C7H10N3O5P. The minimum absolute atomic E-state index is 0.0371. The van der Waals surface area contributed by atoms with Gasteiger partial charge in [-0.15, -0.1) is 0 Å². The lowest BCUT2D eigenvalue weighted by Crippen LogP contribution is -2.29. The molecule has 0 bridgehead atoms. The summed E-state index contributed by atoms with van der Waals surface area (Å²) < 4.78 is 21.4. The Morgan fingerprint density at radius 3 is 3.06 bits per heavy atom. The molecule has 0 aromatic carbocycles. The summed E-state index contributed by atoms with van der Waals surface area (Å²) in [6.45, 7) is 0.0568. The van der Waals surface area contributed by atoms with Gasteiger partial charge in [-0.25, -0.2) is 9.36 Å². The van der Waals surface area contributed by atoms with Crippen LogP contribution in [0.4, 0.5) is 5.82 Å². The van der Waals surface area contributed by atoms with Crippen LogP contribution in [0.15, 0.2) is 17.1 Å². The zero-order chi connectivity index (χ0) is 11.8. The van der Waals surface area contributed by atoms with Crippen molar-refractivity contribution in [1.82, 2.24) is 9.55 Å². The Kier molecular flexibility index (Phi) is 2.81. The highest BCUT2D eigenvalue weighted by Crippen LogP contribution is 2.49. The van der Waals surface area contributed by atoms with Crippen LogP contribution in [-0.4, -0.2) is 27.2 Å². The smallest absolute Gasteiger partial charge is 0.383 e. The standard InChI is InChI=1S/C7H10N3O5P/c8-6-1-2-10(7(11)9-6)3-5-4-14-16(12,13)15-5/h1-2,5H,3-4H2,(H,12,13)(H2,8,9,11)/t5-/m1/s1. The summed E-state index contributed by atoms with van der Waals surface area (Å²) in [5.41, 5.74) is 4.78. The molecule has 2 heterocycles. The van der Waals surface area contributed by atoms with Crippen molar-refractivity contribution in [2.75, 3.05) is 12.3 Å². The highest BCUT2D eigenvalue weighted by Gasteiger charge is 2.35. The fraction of sp³-hybridized carbons (Fsp3) is 0.429. The molecule has 1 aromatic heterocycles. The molecule has 2 atom stereocenters. The van der Waals surface area contributed by atoms with E-state index in [1.165, 1.54) is 16.8 Å². The maximum absolute atomic E-state index is 11.3. The van der Waals surface area contributed by atoms with E-state index in [9.17, 15) is 9.36 Å². The summed E-state index contributed by atoms with van der Waals surface area (Å²) >= 11 is 0. The Hall–Kier alpha value is -1.21. The van der Waals surface area contributed by atoms with Gasteiger partial charge in [-0.05, 0) is 6.07 Å². The molecule has 1 fully saturated rings. The maximum atomic E-state index is 11.3. The highest BCUT2D eigenvalue weighted by molar-refractivity contribution is 7.47. The third kappa shape index (κ3) is 2.48. The molecule has 0 aliphatic carbocycles. The van der Waals surface area contributed by atoms with Crippen LogP contribution in [0.25, 0.3) is 0 Å². The van der Waals surface area contributed by atoms with Gasteiger partial charge in [0.2, 0.25) is 0 Å². The van der Waals surface area contributed by atoms with Crippen molar-refractivity contribution >= 4 is 13.6 Å². The van der Waals surface area contributed by atoms with Gasteiger partial charge in [-0.2, -0.15) is 4.98 Å². The second kappa shape index (κ2) is 3.99. The first-order chi connectivity index (χ1) is 7.46. The van der Waals surface area contributed by atoms with Gasteiger partial charge in [0.1, 0.15) is 11.9 Å². The average molecular weight is 247 g/mol. The van der Waals surface area contributed by atoms with E-state index in [1.54, 1.807) is 0 Å². The molecule has 0 amide bonds. The Morgan fingerprint density at radius 2 is 2.50 bits per heavy atom. The first-order valence-corrected chi connectivity index (χ1v) is 5.94. The summed E-state index contributed by atoms with van der Waals surface area (Å²) in [4.78, 5) is 23.8. The zero-order valence-electron chi connectivity index (χ0n) is 8.15. The van der Waals surface area contributed by atoms with E-state index < -0.39 is 19.6 Å². The first kappa shape index (κ1) is 11.3. The molecule has 1 saturated heterocycles. The number of phosphoric acid groups is 1. The predicted octanol–water partition coefficient (Wildman–Crippen LogP) is -0.659. The van der Waals surface area contributed by atoms with Crippen LogP contribution < -0.4 is 11.4 Å². The van der Waals surface area contributed by atoms with Crippen LogP contribution in [0.2, 0.25) is 0 Å². The van der Waals surface area contributed by atoms with Gasteiger partial charge in [0.25, 0.3) is 0 Å². The summed E-state index contributed by atoms with van der Waals surface area (Å²) in [5, 5.41) is 0. The molecule has 8 nitrogen and oxygen atoms in total. The van der Waals surface area contributed by atoms with Gasteiger partial charge in [0.05, 0.1) is 13.2 Å². The fourth-order valence-corrected chi connectivity index (χ4v) is 2.23. The number of hydrogen-bond acceptors (Lipinski definition) is 6. The van der Waals surface area contributed by atoms with E-state index in [1.807, 2.05) is 0 Å². The average Bonchev–Trinajstić information content (AvgIpc) is 2.51. The number of nitrogens with two attached hydrogens (primary N) is 1. The Labute approximate surface area is 90.2 Å². The van der Waals surface area contributed by atoms with Crippen LogP contribution in [0, 0.1) is 0 Å². The van der Waals surface area contributed by atoms with Crippen molar-refractivity contribution in [2.45, 2.75) is 12.6 Å². The minimum atomic E-state index is -3.92.